The van der Waals surface area contributed by atoms with Crippen LogP contribution in [0.3, 0.4) is 0 Å². The summed E-state index contributed by atoms with van der Waals surface area (Å²) in [4.78, 5) is 0. The molecule has 0 amide bonds. The molecule has 136 valence electrons. The maximum atomic E-state index is 10.4. The first kappa shape index (κ1) is 19.6. The van der Waals surface area contributed by atoms with Crippen LogP contribution in [0.4, 0.5) is 5.69 Å². The number of aromatic hydroxyl groups is 1. The first-order chi connectivity index (χ1) is 11.9. The van der Waals surface area contributed by atoms with Crippen molar-refractivity contribution in [2.75, 3.05) is 18.4 Å². The average Bonchev–Trinajstić information content (AvgIpc) is 2.58. The van der Waals surface area contributed by atoms with Gasteiger partial charge in [0.15, 0.2) is 0 Å². The Morgan fingerprint density at radius 3 is 2.44 bits per heavy atom. The third-order valence-electron chi connectivity index (χ3n) is 4.29. The predicted molar refractivity (Wildman–Crippen MR) is 105 cm³/mol. The van der Waals surface area contributed by atoms with Crippen molar-refractivity contribution in [3.05, 3.63) is 58.1 Å². The van der Waals surface area contributed by atoms with Crippen LogP contribution in [-0.2, 0) is 6.42 Å². The van der Waals surface area contributed by atoms with Crippen molar-refractivity contribution in [1.29, 1.82) is 0 Å². The molecule has 2 aromatic rings. The molecule has 0 heterocycles. The van der Waals surface area contributed by atoms with Gasteiger partial charge in [-0.2, -0.15) is 0 Å². The lowest BCUT2D eigenvalue weighted by molar-refractivity contribution is 0.136. The fraction of sp³-hybridized carbons (Fsp3) is 0.400. The van der Waals surface area contributed by atoms with Gasteiger partial charge in [-0.3, -0.25) is 0 Å². The SMILES string of the molecule is CCNc1c(C)cc(CCNC(C)C(O)c2ccc(O)cc2)cc1Cl. The van der Waals surface area contributed by atoms with Crippen LogP contribution in [0.2, 0.25) is 5.02 Å². The topological polar surface area (TPSA) is 64.5 Å². The quantitative estimate of drug-likeness (QED) is 0.572. The van der Waals surface area contributed by atoms with E-state index in [1.807, 2.05) is 19.9 Å². The highest BCUT2D eigenvalue weighted by Crippen LogP contribution is 2.27. The van der Waals surface area contributed by atoms with Crippen LogP contribution in [0.15, 0.2) is 36.4 Å². The molecule has 0 saturated heterocycles. The number of anilines is 1. The molecular weight excluding hydrogens is 336 g/mol. The summed E-state index contributed by atoms with van der Waals surface area (Å²) < 4.78 is 0. The van der Waals surface area contributed by atoms with Crippen molar-refractivity contribution >= 4 is 17.3 Å². The first-order valence-corrected chi connectivity index (χ1v) is 9.03. The minimum atomic E-state index is -0.623. The first-order valence-electron chi connectivity index (χ1n) is 8.65. The van der Waals surface area contributed by atoms with Crippen LogP contribution in [0.25, 0.3) is 0 Å². The van der Waals surface area contributed by atoms with Gasteiger partial charge in [0.25, 0.3) is 0 Å². The van der Waals surface area contributed by atoms with Gasteiger partial charge < -0.3 is 20.8 Å². The monoisotopic (exact) mass is 362 g/mol. The molecule has 0 fully saturated rings. The van der Waals surface area contributed by atoms with Gasteiger partial charge in [-0.05, 0) is 68.6 Å². The fourth-order valence-corrected chi connectivity index (χ4v) is 3.23. The third kappa shape index (κ3) is 5.36. The van der Waals surface area contributed by atoms with E-state index in [1.54, 1.807) is 24.3 Å². The van der Waals surface area contributed by atoms with Crippen LogP contribution in [0.5, 0.6) is 5.75 Å². The second-order valence-corrected chi connectivity index (χ2v) is 6.74. The molecule has 0 aromatic heterocycles. The number of aryl methyl sites for hydroxylation is 1. The predicted octanol–water partition coefficient (Wildman–Crippen LogP) is 4.04. The number of hydrogen-bond acceptors (Lipinski definition) is 4. The summed E-state index contributed by atoms with van der Waals surface area (Å²) in [6, 6.07) is 10.7. The second-order valence-electron chi connectivity index (χ2n) is 6.33. The van der Waals surface area contributed by atoms with E-state index >= 15 is 0 Å². The van der Waals surface area contributed by atoms with Crippen LogP contribution in [0.1, 0.15) is 36.6 Å². The molecule has 4 nitrogen and oxygen atoms in total. The second kappa shape index (κ2) is 9.09. The molecule has 0 spiro atoms. The molecule has 0 aliphatic rings. The molecule has 5 heteroatoms. The molecule has 0 aliphatic heterocycles. The van der Waals surface area contributed by atoms with Gasteiger partial charge in [0.1, 0.15) is 5.75 Å². The van der Waals surface area contributed by atoms with E-state index < -0.39 is 6.10 Å². The highest BCUT2D eigenvalue weighted by molar-refractivity contribution is 6.33. The van der Waals surface area contributed by atoms with Gasteiger partial charge in [-0.1, -0.05) is 29.8 Å². The maximum Gasteiger partial charge on any atom is 0.115 e. The summed E-state index contributed by atoms with van der Waals surface area (Å²) in [6.07, 6.45) is 0.210. The Morgan fingerprint density at radius 1 is 1.16 bits per heavy atom. The molecular formula is C20H27ClN2O2. The number of halogens is 1. The lowest BCUT2D eigenvalue weighted by Gasteiger charge is -2.21. The molecule has 4 N–H and O–H groups in total. The molecule has 0 saturated carbocycles. The third-order valence-corrected chi connectivity index (χ3v) is 4.59. The fourth-order valence-electron chi connectivity index (χ4n) is 2.88. The summed E-state index contributed by atoms with van der Waals surface area (Å²) in [5, 5.41) is 27.1. The Balaban J connectivity index is 1.90. The van der Waals surface area contributed by atoms with Crippen LogP contribution >= 0.6 is 11.6 Å². The number of phenolic OH excluding ortho intramolecular Hbond substituents is 1. The summed E-state index contributed by atoms with van der Waals surface area (Å²) in [6.45, 7) is 7.64. The minimum absolute atomic E-state index is 0.0952. The largest absolute Gasteiger partial charge is 0.508 e. The Kier molecular flexibility index (Phi) is 7.12. The van der Waals surface area contributed by atoms with E-state index in [4.69, 9.17) is 11.6 Å². The number of nitrogens with one attached hydrogen (secondary N) is 2. The number of rotatable bonds is 8. The van der Waals surface area contributed by atoms with Crippen molar-refractivity contribution in [3.63, 3.8) is 0 Å². The van der Waals surface area contributed by atoms with Gasteiger partial charge in [-0.25, -0.2) is 0 Å². The lowest BCUT2D eigenvalue weighted by atomic mass is 10.0. The maximum absolute atomic E-state index is 10.4. The van der Waals surface area contributed by atoms with Crippen molar-refractivity contribution < 1.29 is 10.2 Å². The normalized spacial score (nSPS) is 13.5. The number of aliphatic hydroxyl groups excluding tert-OH is 1. The summed E-state index contributed by atoms with van der Waals surface area (Å²) in [7, 11) is 0. The van der Waals surface area contributed by atoms with Crippen molar-refractivity contribution in [2.24, 2.45) is 0 Å². The molecule has 0 bridgehead atoms. The van der Waals surface area contributed by atoms with E-state index in [9.17, 15) is 10.2 Å². The van der Waals surface area contributed by atoms with Gasteiger partial charge in [0.05, 0.1) is 16.8 Å². The molecule has 2 atom stereocenters. The zero-order chi connectivity index (χ0) is 18.4. The minimum Gasteiger partial charge on any atom is -0.508 e. The Bertz CT molecular complexity index is 666. The molecule has 25 heavy (non-hydrogen) atoms. The number of phenols is 1. The van der Waals surface area contributed by atoms with E-state index in [0.29, 0.717) is 0 Å². The van der Waals surface area contributed by atoms with Gasteiger partial charge >= 0.3 is 0 Å². The van der Waals surface area contributed by atoms with E-state index in [1.165, 1.54) is 5.56 Å². The highest BCUT2D eigenvalue weighted by atomic mass is 35.5. The zero-order valence-electron chi connectivity index (χ0n) is 15.0. The van der Waals surface area contributed by atoms with E-state index in [0.717, 1.165) is 41.3 Å². The van der Waals surface area contributed by atoms with Gasteiger partial charge in [0, 0.05) is 12.6 Å². The summed E-state index contributed by atoms with van der Waals surface area (Å²) >= 11 is 6.35. The molecule has 0 radical (unpaired) electrons. The molecule has 2 rings (SSSR count). The molecule has 2 aromatic carbocycles. The summed E-state index contributed by atoms with van der Waals surface area (Å²) in [5.74, 6) is 0.199. The van der Waals surface area contributed by atoms with E-state index in [2.05, 4.69) is 23.6 Å². The molecule has 0 aliphatic carbocycles. The van der Waals surface area contributed by atoms with Gasteiger partial charge in [-0.15, -0.1) is 0 Å². The average molecular weight is 363 g/mol. The van der Waals surface area contributed by atoms with E-state index in [-0.39, 0.29) is 11.8 Å². The van der Waals surface area contributed by atoms with Crippen molar-refractivity contribution in [3.8, 4) is 5.75 Å². The number of hydrogen-bond donors (Lipinski definition) is 4. The summed E-state index contributed by atoms with van der Waals surface area (Å²) in [5.41, 5.74) is 4.09. The lowest BCUT2D eigenvalue weighted by Crippen LogP contribution is -2.33. The van der Waals surface area contributed by atoms with Crippen molar-refractivity contribution in [2.45, 2.75) is 39.3 Å². The van der Waals surface area contributed by atoms with Crippen LogP contribution in [-0.4, -0.2) is 29.3 Å². The standard InChI is InChI=1S/C20H27ClN2O2/c1-4-22-19-13(2)11-15(12-18(19)21)9-10-23-14(3)20(25)16-5-7-17(24)8-6-16/h5-8,11-12,14,20,22-25H,4,9-10H2,1-3H3. The zero-order valence-corrected chi connectivity index (χ0v) is 15.8. The smallest absolute Gasteiger partial charge is 0.115 e. The Morgan fingerprint density at radius 2 is 1.84 bits per heavy atom. The van der Waals surface area contributed by atoms with Crippen molar-refractivity contribution in [1.82, 2.24) is 5.32 Å². The molecule has 2 unspecified atom stereocenters. The highest BCUT2D eigenvalue weighted by Gasteiger charge is 2.15. The van der Waals surface area contributed by atoms with Gasteiger partial charge in [0.2, 0.25) is 0 Å². The Labute approximate surface area is 154 Å². The van der Waals surface area contributed by atoms with Crippen LogP contribution in [0, 0.1) is 6.92 Å². The number of aliphatic hydroxyl groups is 1. The Hall–Kier alpha value is -1.75. The van der Waals surface area contributed by atoms with Crippen LogP contribution < -0.4 is 10.6 Å². The number of benzene rings is 2.